The van der Waals surface area contributed by atoms with Gasteiger partial charge >= 0.3 is 5.97 Å². The van der Waals surface area contributed by atoms with Crippen molar-refractivity contribution in [3.63, 3.8) is 0 Å². The van der Waals surface area contributed by atoms with Gasteiger partial charge in [-0.2, -0.15) is 0 Å². The monoisotopic (exact) mass is 292 g/mol. The van der Waals surface area contributed by atoms with Crippen LogP contribution >= 0.6 is 15.9 Å². The molecule has 0 radical (unpaired) electrons. The largest absolute Gasteiger partial charge is 0.478 e. The van der Waals surface area contributed by atoms with Crippen LogP contribution in [0.2, 0.25) is 0 Å². The van der Waals surface area contributed by atoms with Crippen LogP contribution in [-0.2, 0) is 11.1 Å². The molecule has 0 bridgehead atoms. The molecule has 6 heteroatoms. The first-order valence-corrected chi connectivity index (χ1v) is 5.90. The molecule has 1 rings (SSSR count). The van der Waals surface area contributed by atoms with Gasteiger partial charge in [0.2, 0.25) is 0 Å². The Morgan fingerprint density at radius 1 is 1.40 bits per heavy atom. The van der Waals surface area contributed by atoms with E-state index in [2.05, 4.69) is 15.9 Å². The predicted molar refractivity (Wildman–Crippen MR) is 59.6 cm³/mol. The maximum absolute atomic E-state index is 11.0. The molecule has 0 saturated heterocycles. The van der Waals surface area contributed by atoms with E-state index in [1.165, 1.54) is 13.0 Å². The number of halogens is 1. The van der Waals surface area contributed by atoms with Crippen LogP contribution in [0.4, 0.5) is 0 Å². The third-order valence-corrected chi connectivity index (χ3v) is 3.76. The molecule has 0 fully saturated rings. The number of carbonyl (C=O) groups is 1. The van der Waals surface area contributed by atoms with Crippen molar-refractivity contribution in [2.45, 2.75) is 18.7 Å². The number of hydrogen-bond donors (Lipinski definition) is 2. The Labute approximate surface area is 97.7 Å². The highest BCUT2D eigenvalue weighted by Crippen LogP contribution is 2.28. The highest BCUT2D eigenvalue weighted by molar-refractivity contribution is 9.10. The molecule has 0 aliphatic rings. The minimum atomic E-state index is -2.18. The lowest BCUT2D eigenvalue weighted by molar-refractivity contribution is 0.0695. The molecule has 1 aromatic carbocycles. The quantitative estimate of drug-likeness (QED) is 0.821. The standard InChI is InChI=1S/C9H9BrO4S/c1-4-6(10)3-7(15(13)14)5(2)8(4)9(11)12/h3H,1-2H3,(H,11,12)(H,13,14). The molecule has 1 atom stereocenters. The first-order chi connectivity index (χ1) is 6.86. The van der Waals surface area contributed by atoms with Gasteiger partial charge in [-0.15, -0.1) is 0 Å². The van der Waals surface area contributed by atoms with Crippen molar-refractivity contribution in [3.05, 3.63) is 27.2 Å². The summed E-state index contributed by atoms with van der Waals surface area (Å²) in [7, 11) is 0. The summed E-state index contributed by atoms with van der Waals surface area (Å²) in [5.74, 6) is -1.10. The van der Waals surface area contributed by atoms with Gasteiger partial charge in [0, 0.05) is 4.47 Å². The lowest BCUT2D eigenvalue weighted by atomic mass is 10.0. The van der Waals surface area contributed by atoms with E-state index in [0.29, 0.717) is 15.6 Å². The molecule has 15 heavy (non-hydrogen) atoms. The summed E-state index contributed by atoms with van der Waals surface area (Å²) in [6.07, 6.45) is 0. The molecule has 0 amide bonds. The van der Waals surface area contributed by atoms with Gasteiger partial charge in [0.05, 0.1) is 10.5 Å². The fourth-order valence-electron chi connectivity index (χ4n) is 1.36. The molecule has 1 aromatic rings. The SMILES string of the molecule is Cc1c(Br)cc(S(=O)O)c(C)c1C(=O)O. The Hall–Kier alpha value is -0.720. The number of aromatic carboxylic acids is 1. The molecule has 0 aromatic heterocycles. The molecule has 0 spiro atoms. The molecule has 2 N–H and O–H groups in total. The van der Waals surface area contributed by atoms with E-state index in [9.17, 15) is 9.00 Å². The van der Waals surface area contributed by atoms with Crippen molar-refractivity contribution in [2.75, 3.05) is 0 Å². The highest BCUT2D eigenvalue weighted by atomic mass is 79.9. The van der Waals surface area contributed by atoms with Crippen LogP contribution in [0.25, 0.3) is 0 Å². The van der Waals surface area contributed by atoms with E-state index in [1.54, 1.807) is 6.92 Å². The number of benzene rings is 1. The molecule has 0 heterocycles. The Bertz CT molecular complexity index is 456. The fraction of sp³-hybridized carbons (Fsp3) is 0.222. The molecule has 0 saturated carbocycles. The lowest BCUT2D eigenvalue weighted by Gasteiger charge is -2.10. The van der Waals surface area contributed by atoms with Gasteiger partial charge in [0.1, 0.15) is 0 Å². The smallest absolute Gasteiger partial charge is 0.336 e. The van der Waals surface area contributed by atoms with Crippen LogP contribution in [0.1, 0.15) is 21.5 Å². The highest BCUT2D eigenvalue weighted by Gasteiger charge is 2.18. The second-order valence-electron chi connectivity index (χ2n) is 3.04. The van der Waals surface area contributed by atoms with E-state index in [4.69, 9.17) is 9.66 Å². The van der Waals surface area contributed by atoms with Gasteiger partial charge in [-0.25, -0.2) is 9.00 Å². The third kappa shape index (κ3) is 2.27. The van der Waals surface area contributed by atoms with Gasteiger partial charge in [-0.1, -0.05) is 15.9 Å². The summed E-state index contributed by atoms with van der Waals surface area (Å²) >= 11 is 0.980. The van der Waals surface area contributed by atoms with Crippen molar-refractivity contribution < 1.29 is 18.7 Å². The van der Waals surface area contributed by atoms with E-state index in [1.807, 2.05) is 0 Å². The van der Waals surface area contributed by atoms with Crippen LogP contribution in [0.3, 0.4) is 0 Å². The summed E-state index contributed by atoms with van der Waals surface area (Å²) in [4.78, 5) is 11.1. The van der Waals surface area contributed by atoms with Crippen LogP contribution < -0.4 is 0 Å². The second kappa shape index (κ2) is 4.42. The molecule has 4 nitrogen and oxygen atoms in total. The maximum atomic E-state index is 11.0. The van der Waals surface area contributed by atoms with E-state index < -0.39 is 17.0 Å². The first-order valence-electron chi connectivity index (χ1n) is 4.00. The Morgan fingerprint density at radius 3 is 2.33 bits per heavy atom. The minimum absolute atomic E-state index is 0.0711. The normalized spacial score (nSPS) is 12.5. The van der Waals surface area contributed by atoms with Gasteiger partial charge in [-0.05, 0) is 31.0 Å². The van der Waals surface area contributed by atoms with Gasteiger partial charge < -0.3 is 9.66 Å². The molecule has 82 valence electrons. The topological polar surface area (TPSA) is 74.6 Å². The van der Waals surface area contributed by atoms with Gasteiger partial charge in [-0.3, -0.25) is 0 Å². The van der Waals surface area contributed by atoms with E-state index >= 15 is 0 Å². The number of carboxylic acids is 1. The summed E-state index contributed by atoms with van der Waals surface area (Å²) in [5, 5.41) is 8.98. The summed E-state index contributed by atoms with van der Waals surface area (Å²) in [6, 6.07) is 1.47. The summed E-state index contributed by atoms with van der Waals surface area (Å²) in [5.41, 5.74) is 0.944. The van der Waals surface area contributed by atoms with Crippen molar-refractivity contribution in [2.24, 2.45) is 0 Å². The molecule has 0 aliphatic carbocycles. The van der Waals surface area contributed by atoms with Gasteiger partial charge in [0.25, 0.3) is 0 Å². The van der Waals surface area contributed by atoms with Crippen LogP contribution in [0.15, 0.2) is 15.4 Å². The Balaban J connectivity index is 3.63. The Morgan fingerprint density at radius 2 is 1.93 bits per heavy atom. The molecule has 1 unspecified atom stereocenters. The van der Waals surface area contributed by atoms with E-state index in [0.717, 1.165) is 0 Å². The molecular weight excluding hydrogens is 284 g/mol. The van der Waals surface area contributed by atoms with Crippen molar-refractivity contribution in [1.82, 2.24) is 0 Å². The number of hydrogen-bond acceptors (Lipinski definition) is 2. The van der Waals surface area contributed by atoms with Crippen LogP contribution in [-0.4, -0.2) is 19.8 Å². The van der Waals surface area contributed by atoms with Crippen LogP contribution in [0, 0.1) is 13.8 Å². The fourth-order valence-corrected chi connectivity index (χ4v) is 2.52. The Kier molecular flexibility index (Phi) is 3.64. The number of rotatable bonds is 2. The zero-order valence-corrected chi connectivity index (χ0v) is 10.5. The third-order valence-electron chi connectivity index (χ3n) is 2.14. The minimum Gasteiger partial charge on any atom is -0.478 e. The average Bonchev–Trinajstić information content (AvgIpc) is 2.10. The average molecular weight is 293 g/mol. The molecule has 0 aliphatic heterocycles. The van der Waals surface area contributed by atoms with Gasteiger partial charge in [0.15, 0.2) is 11.1 Å². The summed E-state index contributed by atoms with van der Waals surface area (Å²) in [6.45, 7) is 3.16. The summed E-state index contributed by atoms with van der Waals surface area (Å²) < 4.78 is 20.5. The molecular formula is C9H9BrO4S. The maximum Gasteiger partial charge on any atom is 0.336 e. The van der Waals surface area contributed by atoms with Crippen molar-refractivity contribution >= 4 is 33.0 Å². The number of carboxylic acid groups (broad SMARTS) is 1. The zero-order valence-electron chi connectivity index (χ0n) is 8.07. The van der Waals surface area contributed by atoms with E-state index in [-0.39, 0.29) is 10.5 Å². The predicted octanol–water partition coefficient (Wildman–Crippen LogP) is 2.34. The first kappa shape index (κ1) is 12.4. The van der Waals surface area contributed by atoms with Crippen LogP contribution in [0.5, 0.6) is 0 Å². The lowest BCUT2D eigenvalue weighted by Crippen LogP contribution is -2.07. The van der Waals surface area contributed by atoms with Crippen molar-refractivity contribution in [3.8, 4) is 0 Å². The second-order valence-corrected chi connectivity index (χ2v) is 4.83. The van der Waals surface area contributed by atoms with Crippen molar-refractivity contribution in [1.29, 1.82) is 0 Å². The zero-order chi connectivity index (χ0) is 11.7.